The molecule has 2 rings (SSSR count). The summed E-state index contributed by atoms with van der Waals surface area (Å²) in [6, 6.07) is 9.37. The molecule has 0 spiro atoms. The van der Waals surface area contributed by atoms with Gasteiger partial charge in [0.2, 0.25) is 0 Å². The van der Waals surface area contributed by atoms with E-state index in [2.05, 4.69) is 15.5 Å². The zero-order valence-corrected chi connectivity index (χ0v) is 14.5. The summed E-state index contributed by atoms with van der Waals surface area (Å²) in [7, 11) is 0. The molecular formula is C18H25N3O3. The van der Waals surface area contributed by atoms with Crippen LogP contribution in [0.15, 0.2) is 30.3 Å². The van der Waals surface area contributed by atoms with E-state index in [1.54, 1.807) is 6.07 Å². The molecule has 0 fully saturated rings. The molecule has 1 aromatic carbocycles. The van der Waals surface area contributed by atoms with Crippen LogP contribution in [0.2, 0.25) is 0 Å². The summed E-state index contributed by atoms with van der Waals surface area (Å²) in [5, 5.41) is 9.83. The van der Waals surface area contributed by atoms with Gasteiger partial charge >= 0.3 is 0 Å². The van der Waals surface area contributed by atoms with E-state index in [1.807, 2.05) is 45.0 Å². The van der Waals surface area contributed by atoms with E-state index in [0.29, 0.717) is 25.5 Å². The summed E-state index contributed by atoms with van der Waals surface area (Å²) in [6.45, 7) is 7.77. The molecule has 0 aliphatic heterocycles. The minimum absolute atomic E-state index is 0.163. The Hall–Kier alpha value is -2.34. The Bertz CT molecular complexity index is 635. The second-order valence-electron chi connectivity index (χ2n) is 5.65. The van der Waals surface area contributed by atoms with Crippen molar-refractivity contribution in [3.8, 4) is 17.0 Å². The van der Waals surface area contributed by atoms with Crippen molar-refractivity contribution >= 4 is 5.91 Å². The van der Waals surface area contributed by atoms with Crippen LogP contribution in [0.1, 0.15) is 37.7 Å². The summed E-state index contributed by atoms with van der Waals surface area (Å²) in [6.07, 6.45) is 0.994. The van der Waals surface area contributed by atoms with Crippen molar-refractivity contribution in [3.63, 3.8) is 0 Å². The van der Waals surface area contributed by atoms with E-state index in [9.17, 15) is 4.79 Å². The molecule has 0 bridgehead atoms. The fourth-order valence-corrected chi connectivity index (χ4v) is 2.16. The predicted molar refractivity (Wildman–Crippen MR) is 93.2 cm³/mol. The summed E-state index contributed by atoms with van der Waals surface area (Å²) in [5.74, 6) is 0.655. The number of hydrogen-bond acceptors (Lipinski definition) is 4. The standard InChI is InChI=1S/C18H25N3O3/c1-4-23-15-8-6-14(7-9-15)16-12-17(21-20-16)18(22)19-10-5-11-24-13(2)3/h6-9,12-13H,4-5,10-11H2,1-3H3,(H,19,22)(H,20,21). The third-order valence-corrected chi connectivity index (χ3v) is 3.34. The maximum absolute atomic E-state index is 12.1. The van der Waals surface area contributed by atoms with Crippen molar-refractivity contribution < 1.29 is 14.3 Å². The number of H-pyrrole nitrogens is 1. The molecule has 6 heteroatoms. The smallest absolute Gasteiger partial charge is 0.269 e. The summed E-state index contributed by atoms with van der Waals surface area (Å²) in [5.41, 5.74) is 2.11. The van der Waals surface area contributed by atoms with Crippen LogP contribution in [0.3, 0.4) is 0 Å². The number of carbonyl (C=O) groups excluding carboxylic acids is 1. The molecule has 130 valence electrons. The molecule has 1 heterocycles. The normalized spacial score (nSPS) is 10.8. The molecule has 0 aliphatic rings. The second kappa shape index (κ2) is 9.08. The van der Waals surface area contributed by atoms with Gasteiger partial charge in [0.15, 0.2) is 0 Å². The van der Waals surface area contributed by atoms with Crippen LogP contribution in [0, 0.1) is 0 Å². The lowest BCUT2D eigenvalue weighted by atomic mass is 10.1. The molecule has 0 aliphatic carbocycles. The number of aromatic nitrogens is 2. The maximum Gasteiger partial charge on any atom is 0.269 e. The summed E-state index contributed by atoms with van der Waals surface area (Å²) < 4.78 is 10.9. The monoisotopic (exact) mass is 331 g/mol. The van der Waals surface area contributed by atoms with E-state index in [0.717, 1.165) is 23.4 Å². The molecule has 2 N–H and O–H groups in total. The first-order valence-corrected chi connectivity index (χ1v) is 8.28. The number of hydrogen-bond donors (Lipinski definition) is 2. The SMILES string of the molecule is CCOc1ccc(-c2cc(C(=O)NCCCOC(C)C)[nH]n2)cc1. The number of rotatable bonds is 9. The minimum atomic E-state index is -0.163. The van der Waals surface area contributed by atoms with Crippen LogP contribution >= 0.6 is 0 Å². The second-order valence-corrected chi connectivity index (χ2v) is 5.65. The summed E-state index contributed by atoms with van der Waals surface area (Å²) in [4.78, 5) is 12.1. The van der Waals surface area contributed by atoms with E-state index >= 15 is 0 Å². The average Bonchev–Trinajstić information content (AvgIpc) is 3.05. The lowest BCUT2D eigenvalue weighted by molar-refractivity contribution is 0.0756. The lowest BCUT2D eigenvalue weighted by Gasteiger charge is -2.07. The molecule has 0 radical (unpaired) electrons. The predicted octanol–water partition coefficient (Wildman–Crippen LogP) is 3.02. The number of amides is 1. The van der Waals surface area contributed by atoms with Gasteiger partial charge in [-0.3, -0.25) is 9.89 Å². The van der Waals surface area contributed by atoms with E-state index in [-0.39, 0.29) is 12.0 Å². The number of aromatic amines is 1. The van der Waals surface area contributed by atoms with Crippen LogP contribution in [0.4, 0.5) is 0 Å². The first kappa shape index (κ1) is 18.0. The number of carbonyl (C=O) groups is 1. The van der Waals surface area contributed by atoms with E-state index in [4.69, 9.17) is 9.47 Å². The fraction of sp³-hybridized carbons (Fsp3) is 0.444. The molecular weight excluding hydrogens is 306 g/mol. The Labute approximate surface area is 142 Å². The zero-order chi connectivity index (χ0) is 17.4. The first-order chi connectivity index (χ1) is 11.6. The third kappa shape index (κ3) is 5.38. The van der Waals surface area contributed by atoms with Gasteiger partial charge in [-0.1, -0.05) is 0 Å². The Kier molecular flexibility index (Phi) is 6.81. The molecule has 0 unspecified atom stereocenters. The third-order valence-electron chi connectivity index (χ3n) is 3.34. The quantitative estimate of drug-likeness (QED) is 0.693. The van der Waals surface area contributed by atoms with Crippen molar-refractivity contribution in [1.82, 2.24) is 15.5 Å². The van der Waals surface area contributed by atoms with Gasteiger partial charge in [0.1, 0.15) is 11.4 Å². The van der Waals surface area contributed by atoms with Crippen molar-refractivity contribution in [2.45, 2.75) is 33.3 Å². The number of nitrogens with one attached hydrogen (secondary N) is 2. The lowest BCUT2D eigenvalue weighted by Crippen LogP contribution is -2.25. The molecule has 1 amide bonds. The van der Waals surface area contributed by atoms with Gasteiger partial charge in [0, 0.05) is 18.7 Å². The highest BCUT2D eigenvalue weighted by atomic mass is 16.5. The highest BCUT2D eigenvalue weighted by molar-refractivity contribution is 5.93. The van der Waals surface area contributed by atoms with Gasteiger partial charge in [-0.15, -0.1) is 0 Å². The molecule has 2 aromatic rings. The number of nitrogens with zero attached hydrogens (tertiary/aromatic N) is 1. The maximum atomic E-state index is 12.1. The van der Waals surface area contributed by atoms with Gasteiger partial charge in [0.25, 0.3) is 5.91 Å². The van der Waals surface area contributed by atoms with Crippen molar-refractivity contribution in [2.75, 3.05) is 19.8 Å². The fourth-order valence-electron chi connectivity index (χ4n) is 2.16. The topological polar surface area (TPSA) is 76.2 Å². The number of ether oxygens (including phenoxy) is 2. The van der Waals surface area contributed by atoms with Crippen LogP contribution in [0.5, 0.6) is 5.75 Å². The average molecular weight is 331 g/mol. The van der Waals surface area contributed by atoms with E-state index in [1.165, 1.54) is 0 Å². The molecule has 0 saturated heterocycles. The van der Waals surface area contributed by atoms with E-state index < -0.39 is 0 Å². The van der Waals surface area contributed by atoms with Crippen molar-refractivity contribution in [3.05, 3.63) is 36.0 Å². The van der Waals surface area contributed by atoms with Crippen LogP contribution in [-0.2, 0) is 4.74 Å². The van der Waals surface area contributed by atoms with Crippen LogP contribution < -0.4 is 10.1 Å². The Balaban J connectivity index is 1.86. The molecule has 0 atom stereocenters. The Morgan fingerprint density at radius 1 is 1.29 bits per heavy atom. The highest BCUT2D eigenvalue weighted by Gasteiger charge is 2.10. The van der Waals surface area contributed by atoms with Gasteiger partial charge in [-0.2, -0.15) is 5.10 Å². The first-order valence-electron chi connectivity index (χ1n) is 8.28. The minimum Gasteiger partial charge on any atom is -0.494 e. The Morgan fingerprint density at radius 3 is 2.71 bits per heavy atom. The largest absolute Gasteiger partial charge is 0.494 e. The highest BCUT2D eigenvalue weighted by Crippen LogP contribution is 2.21. The van der Waals surface area contributed by atoms with Crippen molar-refractivity contribution in [1.29, 1.82) is 0 Å². The molecule has 24 heavy (non-hydrogen) atoms. The molecule has 0 saturated carbocycles. The van der Waals surface area contributed by atoms with Gasteiger partial charge in [-0.25, -0.2) is 0 Å². The van der Waals surface area contributed by atoms with Crippen LogP contribution in [0.25, 0.3) is 11.3 Å². The van der Waals surface area contributed by atoms with Gasteiger partial charge in [0.05, 0.1) is 18.4 Å². The van der Waals surface area contributed by atoms with Gasteiger partial charge in [-0.05, 0) is 57.5 Å². The van der Waals surface area contributed by atoms with Crippen LogP contribution in [-0.4, -0.2) is 42.0 Å². The summed E-state index contributed by atoms with van der Waals surface area (Å²) >= 11 is 0. The molecule has 6 nitrogen and oxygen atoms in total. The number of benzene rings is 1. The molecule has 1 aromatic heterocycles. The zero-order valence-electron chi connectivity index (χ0n) is 14.5. The van der Waals surface area contributed by atoms with Gasteiger partial charge < -0.3 is 14.8 Å². The van der Waals surface area contributed by atoms with Crippen molar-refractivity contribution in [2.24, 2.45) is 0 Å². The Morgan fingerprint density at radius 2 is 2.04 bits per heavy atom.